The van der Waals surface area contributed by atoms with Gasteiger partial charge in [-0.1, -0.05) is 49.0 Å². The minimum atomic E-state index is -4.88. The fourth-order valence-corrected chi connectivity index (χ4v) is 5.82. The van der Waals surface area contributed by atoms with Crippen molar-refractivity contribution in [2.75, 3.05) is 18.0 Å². The van der Waals surface area contributed by atoms with Crippen molar-refractivity contribution >= 4 is 22.6 Å². The molecule has 38 heavy (non-hydrogen) atoms. The van der Waals surface area contributed by atoms with E-state index in [1.54, 1.807) is 6.07 Å². The predicted octanol–water partition coefficient (Wildman–Crippen LogP) is 4.45. The van der Waals surface area contributed by atoms with E-state index < -0.39 is 17.7 Å². The third kappa shape index (κ3) is 4.03. The van der Waals surface area contributed by atoms with Crippen molar-refractivity contribution in [2.24, 2.45) is 11.1 Å². The summed E-state index contributed by atoms with van der Waals surface area (Å²) in [5.41, 5.74) is 9.20. The maximum atomic E-state index is 13.2. The van der Waals surface area contributed by atoms with Gasteiger partial charge in [0, 0.05) is 30.3 Å². The van der Waals surface area contributed by atoms with Crippen molar-refractivity contribution in [1.29, 1.82) is 0 Å². The summed E-state index contributed by atoms with van der Waals surface area (Å²) in [6, 6.07) is 13.9. The number of nitrogens with zero attached hydrogens (tertiary/aromatic N) is 3. The minimum absolute atomic E-state index is 0.0185. The molecule has 11 heteroatoms. The molecule has 8 nitrogen and oxygen atoms in total. The minimum Gasteiger partial charge on any atom is -0.405 e. The quantitative estimate of drug-likeness (QED) is 0.365. The van der Waals surface area contributed by atoms with Crippen molar-refractivity contribution in [3.63, 3.8) is 0 Å². The molecule has 0 saturated carbocycles. The average molecular weight is 523 g/mol. The zero-order chi connectivity index (χ0) is 26.7. The zero-order valence-corrected chi connectivity index (χ0v) is 20.3. The van der Waals surface area contributed by atoms with Gasteiger partial charge in [0.1, 0.15) is 16.8 Å². The molecule has 6 rings (SSSR count). The molecule has 1 saturated heterocycles. The van der Waals surface area contributed by atoms with Crippen LogP contribution in [0.2, 0.25) is 0 Å². The first-order valence-electron chi connectivity index (χ1n) is 12.3. The zero-order valence-electron chi connectivity index (χ0n) is 20.3. The van der Waals surface area contributed by atoms with Gasteiger partial charge in [-0.2, -0.15) is 10.1 Å². The van der Waals surface area contributed by atoms with Crippen molar-refractivity contribution in [2.45, 2.75) is 31.7 Å². The number of ether oxygens (including phenoxy) is 1. The van der Waals surface area contributed by atoms with Gasteiger partial charge in [-0.05, 0) is 41.9 Å². The number of fused-ring (bicyclic) bond motifs is 2. The molecule has 1 atom stereocenters. The van der Waals surface area contributed by atoms with E-state index >= 15 is 0 Å². The van der Waals surface area contributed by atoms with Gasteiger partial charge < -0.3 is 15.4 Å². The molecule has 196 valence electrons. The number of hydrogen-bond donors (Lipinski definition) is 3. The second-order valence-electron chi connectivity index (χ2n) is 9.91. The Bertz CT molecular complexity index is 1600. The number of hydrogen-bond acceptors (Lipinski definition) is 6. The number of H-pyrrole nitrogens is 2. The molecule has 4 aromatic rings. The topological polar surface area (TPSA) is 113 Å². The lowest BCUT2D eigenvalue weighted by Crippen LogP contribution is -2.45. The Morgan fingerprint density at radius 2 is 1.84 bits per heavy atom. The molecular weight excluding hydrogens is 497 g/mol. The molecule has 0 amide bonds. The normalized spacial score (nSPS) is 18.6. The van der Waals surface area contributed by atoms with Gasteiger partial charge in [-0.3, -0.25) is 14.9 Å². The molecule has 2 aromatic carbocycles. The first-order valence-corrected chi connectivity index (χ1v) is 12.3. The molecule has 1 aliphatic carbocycles. The van der Waals surface area contributed by atoms with E-state index in [-0.39, 0.29) is 39.3 Å². The number of halogens is 3. The van der Waals surface area contributed by atoms with Crippen LogP contribution in [0.1, 0.15) is 41.3 Å². The van der Waals surface area contributed by atoms with Gasteiger partial charge in [0.05, 0.1) is 0 Å². The van der Waals surface area contributed by atoms with Crippen LogP contribution in [0.3, 0.4) is 0 Å². The Morgan fingerprint density at radius 1 is 1.13 bits per heavy atom. The summed E-state index contributed by atoms with van der Waals surface area (Å²) in [7, 11) is 0. The van der Waals surface area contributed by atoms with Crippen molar-refractivity contribution in [3.05, 3.63) is 87.8 Å². The summed E-state index contributed by atoms with van der Waals surface area (Å²) in [5.74, 6) is -0.0280. The molecule has 0 unspecified atom stereocenters. The van der Waals surface area contributed by atoms with Crippen LogP contribution in [0.4, 0.5) is 19.1 Å². The van der Waals surface area contributed by atoms with Gasteiger partial charge >= 0.3 is 6.36 Å². The fraction of sp³-hybridized carbons (Fsp3) is 0.296. The lowest BCUT2D eigenvalue weighted by Gasteiger charge is -2.42. The third-order valence-electron chi connectivity index (χ3n) is 7.79. The number of para-hydroxylation sites is 1. The van der Waals surface area contributed by atoms with Crippen LogP contribution in [-0.4, -0.2) is 39.6 Å². The molecule has 1 fully saturated rings. The highest BCUT2D eigenvalue weighted by molar-refractivity contribution is 5.93. The number of piperidine rings is 1. The van der Waals surface area contributed by atoms with Gasteiger partial charge in [0.15, 0.2) is 5.65 Å². The van der Waals surface area contributed by atoms with Crippen molar-refractivity contribution < 1.29 is 17.9 Å². The first-order chi connectivity index (χ1) is 18.2. The Morgan fingerprint density at radius 3 is 2.58 bits per heavy atom. The third-order valence-corrected chi connectivity index (χ3v) is 7.79. The number of anilines is 1. The summed E-state index contributed by atoms with van der Waals surface area (Å²) >= 11 is 0. The van der Waals surface area contributed by atoms with Crippen LogP contribution in [0.5, 0.6) is 5.75 Å². The molecule has 4 N–H and O–H groups in total. The van der Waals surface area contributed by atoms with Gasteiger partial charge in [-0.15, -0.1) is 13.2 Å². The van der Waals surface area contributed by atoms with E-state index in [1.807, 2.05) is 17.0 Å². The highest BCUT2D eigenvalue weighted by atomic mass is 19.4. The first kappa shape index (κ1) is 24.2. The summed E-state index contributed by atoms with van der Waals surface area (Å²) in [5, 5.41) is 7.02. The van der Waals surface area contributed by atoms with Crippen molar-refractivity contribution in [1.82, 2.24) is 20.2 Å². The highest BCUT2D eigenvalue weighted by Crippen LogP contribution is 2.50. The van der Waals surface area contributed by atoms with Gasteiger partial charge in [0.25, 0.3) is 5.56 Å². The van der Waals surface area contributed by atoms with E-state index in [0.29, 0.717) is 19.0 Å². The molecule has 1 spiro atoms. The molecule has 1 aliphatic heterocycles. The monoisotopic (exact) mass is 522 g/mol. The van der Waals surface area contributed by atoms with Crippen LogP contribution < -0.4 is 20.9 Å². The summed E-state index contributed by atoms with van der Waals surface area (Å²) in [4.78, 5) is 22.6. The Kier molecular flexibility index (Phi) is 5.56. The Balaban J connectivity index is 1.26. The van der Waals surface area contributed by atoms with Crippen LogP contribution in [-0.2, 0) is 6.42 Å². The standard InChI is InChI=1S/C27H25F3N6O2/c1-15(17-7-4-5-9-19(17)38-27(28,29)30)21-20-23(35-34-21)32-25(33-24(20)37)36-12-10-26(11-13-36)14-16-6-2-3-8-18(16)22(26)31/h2-9,22H,1,10-14,31H2,(H2,32,33,34,35,37)/t22-/m1/s1. The average Bonchev–Trinajstić information content (AvgIpc) is 3.43. The second-order valence-corrected chi connectivity index (χ2v) is 9.91. The van der Waals surface area contributed by atoms with Crippen LogP contribution in [0.25, 0.3) is 16.6 Å². The van der Waals surface area contributed by atoms with E-state index in [2.05, 4.69) is 43.6 Å². The van der Waals surface area contributed by atoms with Crippen LogP contribution in [0.15, 0.2) is 59.9 Å². The fourth-order valence-electron chi connectivity index (χ4n) is 5.82. The largest absolute Gasteiger partial charge is 0.573 e. The number of nitrogens with one attached hydrogen (secondary N) is 2. The number of aromatic nitrogens is 4. The molecule has 2 aromatic heterocycles. The number of nitrogens with two attached hydrogens (primary N) is 1. The van der Waals surface area contributed by atoms with E-state index in [1.165, 1.54) is 29.3 Å². The molecule has 3 heterocycles. The van der Waals surface area contributed by atoms with E-state index in [0.717, 1.165) is 19.3 Å². The second kappa shape index (κ2) is 8.73. The Hall–Kier alpha value is -4.12. The lowest BCUT2D eigenvalue weighted by molar-refractivity contribution is -0.274. The summed E-state index contributed by atoms with van der Waals surface area (Å²) < 4.78 is 42.9. The lowest BCUT2D eigenvalue weighted by atomic mass is 9.73. The van der Waals surface area contributed by atoms with Crippen LogP contribution in [0, 0.1) is 5.41 Å². The SMILES string of the molecule is C=C(c1ccccc1OC(F)(F)F)c1n[nH]c2nc(N3CCC4(CC3)Cc3ccccc3[C@H]4N)[nH]c(=O)c12. The summed E-state index contributed by atoms with van der Waals surface area (Å²) in [6.07, 6.45) is -2.24. The Labute approximate surface area is 215 Å². The number of alkyl halides is 3. The maximum absolute atomic E-state index is 13.2. The maximum Gasteiger partial charge on any atom is 0.573 e. The molecule has 2 aliphatic rings. The van der Waals surface area contributed by atoms with E-state index in [9.17, 15) is 18.0 Å². The smallest absolute Gasteiger partial charge is 0.405 e. The number of rotatable bonds is 4. The van der Waals surface area contributed by atoms with Crippen LogP contribution >= 0.6 is 0 Å². The number of aromatic amines is 2. The number of benzene rings is 2. The highest BCUT2D eigenvalue weighted by Gasteiger charge is 2.46. The predicted molar refractivity (Wildman–Crippen MR) is 137 cm³/mol. The molecule has 0 bridgehead atoms. The van der Waals surface area contributed by atoms with E-state index in [4.69, 9.17) is 5.73 Å². The van der Waals surface area contributed by atoms with Crippen molar-refractivity contribution in [3.8, 4) is 5.75 Å². The van der Waals surface area contributed by atoms with Gasteiger partial charge in [-0.25, -0.2) is 0 Å². The molecule has 0 radical (unpaired) electrons. The molecular formula is C27H25F3N6O2. The summed E-state index contributed by atoms with van der Waals surface area (Å²) in [6.45, 7) is 5.24. The van der Waals surface area contributed by atoms with Gasteiger partial charge in [0.2, 0.25) is 5.95 Å².